The van der Waals surface area contributed by atoms with E-state index in [1.807, 2.05) is 61.5 Å². The average molecular weight is 776 g/mol. The first-order valence-corrected chi connectivity index (χ1v) is 21.0. The molecule has 9 rings (SSSR count). The third-order valence-corrected chi connectivity index (χ3v) is 15.8. The van der Waals surface area contributed by atoms with Crippen LogP contribution >= 0.6 is 0 Å². The van der Waals surface area contributed by atoms with Gasteiger partial charge in [0.2, 0.25) is 10.0 Å². The van der Waals surface area contributed by atoms with Crippen molar-refractivity contribution in [3.63, 3.8) is 0 Å². The number of hydrogen-bond donors (Lipinski definition) is 2. The van der Waals surface area contributed by atoms with E-state index in [0.29, 0.717) is 55.2 Å². The fourth-order valence-electron chi connectivity index (χ4n) is 11.8. The maximum absolute atomic E-state index is 15.0. The molecule has 2 N–H and O–H groups in total. The Kier molecular flexibility index (Phi) is 8.93. The number of carbonyl (C=O) groups excluding carboxylic acids is 1. The Balaban J connectivity index is 1.16. The number of aliphatic hydroxyl groups is 2. The smallest absolute Gasteiger partial charge is 0.406 e. The van der Waals surface area contributed by atoms with E-state index in [0.717, 1.165) is 35.9 Å². The SMILES string of the molecule is CC12CCC(O)CC13C=CC1(C(C(=O)c4ccc(-c5ccccc5)cc4)=C3)C2CCC2(C)C1CCC2(O)CN(Cc1ccc(OC(F)(F)F)cc1)S(C)(=O)=O. The minimum Gasteiger partial charge on any atom is -0.406 e. The van der Waals surface area contributed by atoms with Crippen LogP contribution in [-0.4, -0.2) is 59.6 Å². The molecular weight excluding hydrogens is 728 g/mol. The molecule has 6 aliphatic carbocycles. The Morgan fingerprint density at radius 3 is 2.13 bits per heavy atom. The molecule has 8 unspecified atom stereocenters. The second-order valence-corrected chi connectivity index (χ2v) is 19.3. The van der Waals surface area contributed by atoms with Gasteiger partial charge in [-0.3, -0.25) is 4.79 Å². The maximum Gasteiger partial charge on any atom is 0.573 e. The summed E-state index contributed by atoms with van der Waals surface area (Å²) in [6, 6.07) is 22.8. The van der Waals surface area contributed by atoms with Crippen LogP contribution in [0, 0.1) is 33.5 Å². The summed E-state index contributed by atoms with van der Waals surface area (Å²) < 4.78 is 70.2. The quantitative estimate of drug-likeness (QED) is 0.167. The highest BCUT2D eigenvalue weighted by Crippen LogP contribution is 2.78. The standard InChI is InChI=1S/C44H48F3NO6S/c1-39-20-17-33(49)25-41(39)23-24-43(35(26-41)38(50)32-13-11-31(12-14-32)30-7-5-4-6-8-30)36(39)18-21-40(2)37(43)19-22-42(40,51)28-48(55(3,52)53)27-29-9-15-34(16-10-29)54-44(45,46)47/h4-16,23-24,26,33,36-37,49,51H,17-22,25,27-28H2,1-3H3. The number of Topliss-reactive ketones (excluding diaryl/α,β-unsaturated/α-hetero) is 1. The molecule has 0 heterocycles. The molecular formula is C44H48F3NO6S. The number of carbonyl (C=O) groups is 1. The molecule has 55 heavy (non-hydrogen) atoms. The number of ether oxygens (including phenoxy) is 1. The minimum absolute atomic E-state index is 0.0638. The van der Waals surface area contributed by atoms with E-state index in [1.54, 1.807) is 0 Å². The minimum atomic E-state index is -4.85. The van der Waals surface area contributed by atoms with E-state index in [4.69, 9.17) is 0 Å². The predicted octanol–water partition coefficient (Wildman–Crippen LogP) is 8.49. The van der Waals surface area contributed by atoms with Crippen molar-refractivity contribution in [2.45, 2.75) is 83.4 Å². The Bertz CT molecular complexity index is 2160. The van der Waals surface area contributed by atoms with Gasteiger partial charge in [-0.05, 0) is 91.0 Å². The number of halogens is 3. The van der Waals surface area contributed by atoms with Crippen LogP contribution in [0.15, 0.2) is 103 Å². The number of allylic oxidation sites excluding steroid dienone is 4. The summed E-state index contributed by atoms with van der Waals surface area (Å²) in [5.74, 6) is -0.604. The zero-order chi connectivity index (χ0) is 39.2. The fourth-order valence-corrected chi connectivity index (χ4v) is 12.6. The van der Waals surface area contributed by atoms with Gasteiger partial charge in [0.05, 0.1) is 18.0 Å². The van der Waals surface area contributed by atoms with Gasteiger partial charge in [-0.25, -0.2) is 8.42 Å². The molecule has 8 atom stereocenters. The fraction of sp³-hybridized carbons (Fsp3) is 0.477. The lowest BCUT2D eigenvalue weighted by atomic mass is 9.32. The van der Waals surface area contributed by atoms with E-state index in [-0.39, 0.29) is 36.1 Å². The van der Waals surface area contributed by atoms with Gasteiger partial charge in [0, 0.05) is 40.5 Å². The van der Waals surface area contributed by atoms with Crippen LogP contribution in [0.4, 0.5) is 13.2 Å². The molecule has 6 aliphatic rings. The zero-order valence-electron chi connectivity index (χ0n) is 31.4. The van der Waals surface area contributed by atoms with Crippen LogP contribution in [-0.2, 0) is 16.6 Å². The lowest BCUT2D eigenvalue weighted by molar-refractivity contribution is -0.274. The first-order valence-electron chi connectivity index (χ1n) is 19.2. The van der Waals surface area contributed by atoms with Gasteiger partial charge in [-0.1, -0.05) is 98.8 Å². The normalized spacial score (nSPS) is 35.1. The Morgan fingerprint density at radius 2 is 1.47 bits per heavy atom. The Labute approximate surface area is 321 Å². The van der Waals surface area contributed by atoms with Crippen molar-refractivity contribution in [2.75, 3.05) is 12.8 Å². The van der Waals surface area contributed by atoms with Crippen LogP contribution in [0.2, 0.25) is 0 Å². The van der Waals surface area contributed by atoms with E-state index in [1.165, 1.54) is 16.4 Å². The summed E-state index contributed by atoms with van der Waals surface area (Å²) in [6.07, 6.45) is 6.60. The molecule has 3 aromatic carbocycles. The largest absolute Gasteiger partial charge is 0.573 e. The lowest BCUT2D eigenvalue weighted by Gasteiger charge is -2.71. The summed E-state index contributed by atoms with van der Waals surface area (Å²) in [6.45, 7) is 4.01. The number of aliphatic hydroxyl groups excluding tert-OH is 1. The topological polar surface area (TPSA) is 104 Å². The molecule has 3 fully saturated rings. The lowest BCUT2D eigenvalue weighted by Crippen LogP contribution is -2.67. The number of rotatable bonds is 9. The van der Waals surface area contributed by atoms with E-state index in [9.17, 15) is 31.8 Å². The average Bonchev–Trinajstić information content (AvgIpc) is 3.41. The first-order chi connectivity index (χ1) is 25.8. The number of fused-ring (bicyclic) bond motifs is 1. The number of nitrogens with zero attached hydrogens (tertiary/aromatic N) is 1. The molecule has 0 radical (unpaired) electrons. The zero-order valence-corrected chi connectivity index (χ0v) is 32.2. The van der Waals surface area contributed by atoms with Crippen molar-refractivity contribution in [3.05, 3.63) is 114 Å². The summed E-state index contributed by atoms with van der Waals surface area (Å²) in [5.41, 5.74) is 0.0722. The van der Waals surface area contributed by atoms with E-state index < -0.39 is 50.1 Å². The summed E-state index contributed by atoms with van der Waals surface area (Å²) in [7, 11) is -3.89. The molecule has 3 saturated carbocycles. The Morgan fingerprint density at radius 1 is 0.855 bits per heavy atom. The molecule has 2 spiro atoms. The van der Waals surface area contributed by atoms with Crippen molar-refractivity contribution >= 4 is 15.8 Å². The van der Waals surface area contributed by atoms with Crippen molar-refractivity contribution in [1.29, 1.82) is 0 Å². The summed E-state index contributed by atoms with van der Waals surface area (Å²) >= 11 is 0. The molecule has 3 aromatic rings. The Hall–Kier alpha value is -3.77. The van der Waals surface area contributed by atoms with Gasteiger partial charge in [0.1, 0.15) is 5.75 Å². The molecule has 0 aromatic heterocycles. The van der Waals surface area contributed by atoms with Gasteiger partial charge in [0.25, 0.3) is 0 Å². The number of alkyl halides is 3. The molecule has 292 valence electrons. The first kappa shape index (κ1) is 38.1. The van der Waals surface area contributed by atoms with Crippen molar-refractivity contribution in [2.24, 2.45) is 33.5 Å². The van der Waals surface area contributed by atoms with Crippen LogP contribution < -0.4 is 4.74 Å². The van der Waals surface area contributed by atoms with Crippen molar-refractivity contribution < 1.29 is 41.3 Å². The highest BCUT2D eigenvalue weighted by atomic mass is 32.2. The van der Waals surface area contributed by atoms with Crippen LogP contribution in [0.3, 0.4) is 0 Å². The van der Waals surface area contributed by atoms with Gasteiger partial charge < -0.3 is 14.9 Å². The summed E-state index contributed by atoms with van der Waals surface area (Å²) in [4.78, 5) is 15.0. The number of ketones is 1. The van der Waals surface area contributed by atoms with Crippen LogP contribution in [0.5, 0.6) is 5.75 Å². The highest BCUT2D eigenvalue weighted by Gasteiger charge is 2.74. The third-order valence-electron chi connectivity index (χ3n) is 14.6. The second kappa shape index (κ2) is 12.9. The number of hydrogen-bond acceptors (Lipinski definition) is 6. The molecule has 11 heteroatoms. The summed E-state index contributed by atoms with van der Waals surface area (Å²) in [5, 5.41) is 23.9. The van der Waals surface area contributed by atoms with Crippen molar-refractivity contribution in [1.82, 2.24) is 4.31 Å². The van der Waals surface area contributed by atoms with Gasteiger partial charge in [-0.15, -0.1) is 13.2 Å². The van der Waals surface area contributed by atoms with Gasteiger partial charge in [-0.2, -0.15) is 4.31 Å². The van der Waals surface area contributed by atoms with E-state index >= 15 is 4.79 Å². The van der Waals surface area contributed by atoms with Crippen LogP contribution in [0.1, 0.15) is 74.7 Å². The number of benzene rings is 3. The third kappa shape index (κ3) is 6.03. The van der Waals surface area contributed by atoms with Crippen LogP contribution in [0.25, 0.3) is 11.1 Å². The predicted molar refractivity (Wildman–Crippen MR) is 203 cm³/mol. The van der Waals surface area contributed by atoms with E-state index in [2.05, 4.69) is 29.9 Å². The highest BCUT2D eigenvalue weighted by molar-refractivity contribution is 7.88. The maximum atomic E-state index is 15.0. The second-order valence-electron chi connectivity index (χ2n) is 17.3. The molecule has 7 nitrogen and oxygen atoms in total. The molecule has 0 saturated heterocycles. The monoisotopic (exact) mass is 775 g/mol. The number of sulfonamides is 1. The molecule has 2 bridgehead atoms. The van der Waals surface area contributed by atoms with Crippen molar-refractivity contribution in [3.8, 4) is 16.9 Å². The molecule has 0 aliphatic heterocycles. The van der Waals surface area contributed by atoms with Gasteiger partial charge >= 0.3 is 6.36 Å². The van der Waals surface area contributed by atoms with Gasteiger partial charge in [0.15, 0.2) is 5.78 Å². The molecule has 0 amide bonds.